The van der Waals surface area contributed by atoms with Crippen LogP contribution >= 0.6 is 0 Å². The highest BCUT2D eigenvalue weighted by molar-refractivity contribution is 5.90. The summed E-state index contributed by atoms with van der Waals surface area (Å²) in [6, 6.07) is 7.02. The Hall–Kier alpha value is -2.90. The summed E-state index contributed by atoms with van der Waals surface area (Å²) < 4.78 is 6.53. The highest BCUT2D eigenvalue weighted by atomic mass is 16.6. The molecule has 0 aliphatic heterocycles. The molecule has 1 amide bonds. The van der Waals surface area contributed by atoms with Crippen LogP contribution in [0.25, 0.3) is 0 Å². The summed E-state index contributed by atoms with van der Waals surface area (Å²) in [6.07, 6.45) is 1.35. The summed E-state index contributed by atoms with van der Waals surface area (Å²) in [6.45, 7) is 1.88. The molecule has 0 atom stereocenters. The van der Waals surface area contributed by atoms with Gasteiger partial charge in [-0.1, -0.05) is 6.07 Å². The SMILES string of the molecule is COc1cccc(NC(=O)CCn2ncc([N+](=O)[O-])c2C)c1. The number of rotatable bonds is 6. The van der Waals surface area contributed by atoms with Crippen molar-refractivity contribution in [3.63, 3.8) is 0 Å². The number of carbonyl (C=O) groups is 1. The van der Waals surface area contributed by atoms with Gasteiger partial charge in [0, 0.05) is 18.2 Å². The highest BCUT2D eigenvalue weighted by Crippen LogP contribution is 2.18. The molecule has 8 nitrogen and oxygen atoms in total. The van der Waals surface area contributed by atoms with Crippen molar-refractivity contribution < 1.29 is 14.5 Å². The topological polar surface area (TPSA) is 99.3 Å². The first-order chi connectivity index (χ1) is 10.5. The number of anilines is 1. The van der Waals surface area contributed by atoms with Gasteiger partial charge in [0.25, 0.3) is 0 Å². The lowest BCUT2D eigenvalue weighted by Gasteiger charge is -2.07. The smallest absolute Gasteiger partial charge is 0.309 e. The number of ether oxygens (including phenoxy) is 1. The minimum atomic E-state index is -0.491. The van der Waals surface area contributed by atoms with Crippen molar-refractivity contribution in [1.29, 1.82) is 0 Å². The van der Waals surface area contributed by atoms with Crippen LogP contribution in [0, 0.1) is 17.0 Å². The Morgan fingerprint density at radius 3 is 2.91 bits per heavy atom. The first kappa shape index (κ1) is 15.5. The fraction of sp³-hybridized carbons (Fsp3) is 0.286. The molecule has 0 saturated heterocycles. The van der Waals surface area contributed by atoms with Crippen LogP contribution in [-0.4, -0.2) is 27.7 Å². The van der Waals surface area contributed by atoms with Gasteiger partial charge in [-0.2, -0.15) is 5.10 Å². The molecule has 0 unspecified atom stereocenters. The van der Waals surface area contributed by atoms with Gasteiger partial charge in [-0.25, -0.2) is 0 Å². The number of hydrogen-bond acceptors (Lipinski definition) is 5. The van der Waals surface area contributed by atoms with E-state index in [4.69, 9.17) is 4.74 Å². The van der Waals surface area contributed by atoms with Crippen molar-refractivity contribution >= 4 is 17.3 Å². The van der Waals surface area contributed by atoms with Crippen LogP contribution in [0.2, 0.25) is 0 Å². The van der Waals surface area contributed by atoms with E-state index in [1.165, 1.54) is 10.9 Å². The van der Waals surface area contributed by atoms with Crippen LogP contribution in [0.5, 0.6) is 5.75 Å². The van der Waals surface area contributed by atoms with E-state index in [-0.39, 0.29) is 24.6 Å². The van der Waals surface area contributed by atoms with E-state index >= 15 is 0 Å². The quantitative estimate of drug-likeness (QED) is 0.651. The molecule has 0 bridgehead atoms. The molecule has 2 aromatic rings. The molecule has 22 heavy (non-hydrogen) atoms. The molecule has 1 N–H and O–H groups in total. The monoisotopic (exact) mass is 304 g/mol. The lowest BCUT2D eigenvalue weighted by Crippen LogP contribution is -2.15. The Balaban J connectivity index is 1.94. The fourth-order valence-corrected chi connectivity index (χ4v) is 1.97. The molecule has 2 rings (SSSR count). The third-order valence-electron chi connectivity index (χ3n) is 3.18. The summed E-state index contributed by atoms with van der Waals surface area (Å²) >= 11 is 0. The second kappa shape index (κ2) is 6.70. The summed E-state index contributed by atoms with van der Waals surface area (Å²) in [5, 5.41) is 17.4. The predicted molar refractivity (Wildman–Crippen MR) is 79.9 cm³/mol. The molecule has 1 heterocycles. The lowest BCUT2D eigenvalue weighted by molar-refractivity contribution is -0.385. The van der Waals surface area contributed by atoms with Gasteiger partial charge in [0.05, 0.1) is 18.6 Å². The normalized spacial score (nSPS) is 10.3. The number of amides is 1. The molecule has 8 heteroatoms. The second-order valence-electron chi connectivity index (χ2n) is 4.63. The van der Waals surface area contributed by atoms with E-state index in [0.717, 1.165) is 0 Å². The Morgan fingerprint density at radius 2 is 2.27 bits per heavy atom. The van der Waals surface area contributed by atoms with Crippen molar-refractivity contribution in [2.75, 3.05) is 12.4 Å². The fourth-order valence-electron chi connectivity index (χ4n) is 1.97. The van der Waals surface area contributed by atoms with Crippen molar-refractivity contribution in [1.82, 2.24) is 9.78 Å². The third-order valence-corrected chi connectivity index (χ3v) is 3.18. The average molecular weight is 304 g/mol. The molecule has 0 aliphatic carbocycles. The number of aryl methyl sites for hydroxylation is 1. The molecule has 0 saturated carbocycles. The van der Waals surface area contributed by atoms with Gasteiger partial charge in [-0.05, 0) is 19.1 Å². The summed E-state index contributed by atoms with van der Waals surface area (Å²) in [5.74, 6) is 0.446. The van der Waals surface area contributed by atoms with E-state index in [1.807, 2.05) is 0 Å². The van der Waals surface area contributed by atoms with Crippen LogP contribution in [0.15, 0.2) is 30.5 Å². The number of aromatic nitrogens is 2. The van der Waals surface area contributed by atoms with Crippen LogP contribution < -0.4 is 10.1 Å². The molecule has 0 radical (unpaired) electrons. The van der Waals surface area contributed by atoms with Gasteiger partial charge in [-0.3, -0.25) is 19.6 Å². The number of carbonyl (C=O) groups excluding carboxylic acids is 1. The minimum absolute atomic E-state index is 0.0480. The van der Waals surface area contributed by atoms with Crippen LogP contribution in [0.3, 0.4) is 0 Å². The average Bonchev–Trinajstić information content (AvgIpc) is 2.86. The third kappa shape index (κ3) is 3.60. The molecular weight excluding hydrogens is 288 g/mol. The van der Waals surface area contributed by atoms with Gasteiger partial charge in [0.15, 0.2) is 0 Å². The molecule has 0 spiro atoms. The van der Waals surface area contributed by atoms with Gasteiger partial charge < -0.3 is 10.1 Å². The number of nitrogens with one attached hydrogen (secondary N) is 1. The minimum Gasteiger partial charge on any atom is -0.497 e. The lowest BCUT2D eigenvalue weighted by atomic mass is 10.3. The Morgan fingerprint density at radius 1 is 1.50 bits per heavy atom. The van der Waals surface area contributed by atoms with Crippen molar-refractivity contribution in [3.05, 3.63) is 46.3 Å². The number of methoxy groups -OCH3 is 1. The first-order valence-electron chi connectivity index (χ1n) is 6.62. The van der Waals surface area contributed by atoms with Crippen molar-refractivity contribution in [3.8, 4) is 5.75 Å². The maximum atomic E-state index is 11.9. The first-order valence-corrected chi connectivity index (χ1v) is 6.62. The predicted octanol–water partition coefficient (Wildman–Crippen LogP) is 2.14. The van der Waals surface area contributed by atoms with Crippen LogP contribution in [0.1, 0.15) is 12.1 Å². The molecule has 0 fully saturated rings. The van der Waals surface area contributed by atoms with Crippen molar-refractivity contribution in [2.24, 2.45) is 0 Å². The van der Waals surface area contributed by atoms with Gasteiger partial charge in [-0.15, -0.1) is 0 Å². The molecule has 0 aliphatic rings. The Bertz CT molecular complexity index is 696. The summed E-state index contributed by atoms with van der Waals surface area (Å²) in [7, 11) is 1.55. The maximum Gasteiger partial charge on any atom is 0.309 e. The molecule has 116 valence electrons. The molecule has 1 aromatic carbocycles. The molecular formula is C14H16N4O4. The van der Waals surface area contributed by atoms with Crippen molar-refractivity contribution in [2.45, 2.75) is 19.9 Å². The zero-order valence-electron chi connectivity index (χ0n) is 12.3. The van der Waals surface area contributed by atoms with Gasteiger partial charge in [0.1, 0.15) is 17.6 Å². The van der Waals surface area contributed by atoms with E-state index in [2.05, 4.69) is 10.4 Å². The maximum absolute atomic E-state index is 11.9. The van der Waals surface area contributed by atoms with Gasteiger partial charge >= 0.3 is 5.69 Å². The van der Waals surface area contributed by atoms with Gasteiger partial charge in [0.2, 0.25) is 5.91 Å². The zero-order valence-corrected chi connectivity index (χ0v) is 12.3. The largest absolute Gasteiger partial charge is 0.497 e. The number of nitro groups is 1. The number of hydrogen-bond donors (Lipinski definition) is 1. The Labute approximate surface area is 126 Å². The number of nitrogens with zero attached hydrogens (tertiary/aromatic N) is 3. The Kier molecular flexibility index (Phi) is 4.72. The molecule has 1 aromatic heterocycles. The van der Waals surface area contributed by atoms with Crippen LogP contribution in [0.4, 0.5) is 11.4 Å². The summed E-state index contributed by atoms with van der Waals surface area (Å²) in [5.41, 5.74) is 1.01. The van der Waals surface area contributed by atoms with E-state index < -0.39 is 4.92 Å². The highest BCUT2D eigenvalue weighted by Gasteiger charge is 2.16. The standard InChI is InChI=1S/C14H16N4O4/c1-10-13(18(20)21)9-15-17(10)7-6-14(19)16-11-4-3-5-12(8-11)22-2/h3-5,8-9H,6-7H2,1-2H3,(H,16,19). The van der Waals surface area contributed by atoms with E-state index in [9.17, 15) is 14.9 Å². The summed E-state index contributed by atoms with van der Waals surface area (Å²) in [4.78, 5) is 22.2. The van der Waals surface area contributed by atoms with E-state index in [1.54, 1.807) is 38.3 Å². The zero-order chi connectivity index (χ0) is 16.1. The number of benzene rings is 1. The second-order valence-corrected chi connectivity index (χ2v) is 4.63. The van der Waals surface area contributed by atoms with Crippen LogP contribution in [-0.2, 0) is 11.3 Å². The van der Waals surface area contributed by atoms with E-state index in [0.29, 0.717) is 17.1 Å².